The smallest absolute Gasteiger partial charge is 0.168 e. The summed E-state index contributed by atoms with van der Waals surface area (Å²) in [7, 11) is 0. The molecule has 0 saturated heterocycles. The van der Waals surface area contributed by atoms with Crippen molar-refractivity contribution >= 4 is 41.1 Å². The minimum atomic E-state index is -0.610. The maximum atomic E-state index is 13.7. The molecule has 0 aliphatic carbocycles. The molecule has 0 aliphatic rings. The van der Waals surface area contributed by atoms with Crippen LogP contribution in [-0.4, -0.2) is 11.3 Å². The molecule has 0 spiro atoms. The molecule has 0 bridgehead atoms. The van der Waals surface area contributed by atoms with E-state index in [0.29, 0.717) is 11.3 Å². The highest BCUT2D eigenvalue weighted by atomic mass is 35.5. The van der Waals surface area contributed by atoms with E-state index in [1.165, 1.54) is 18.2 Å². The number of halogens is 4. The number of nitrogens with zero attached hydrogens (tertiary/aromatic N) is 1. The van der Waals surface area contributed by atoms with E-state index in [0.717, 1.165) is 6.07 Å². The molecule has 1 aromatic heterocycles. The maximum absolute atomic E-state index is 13.7. The topological polar surface area (TPSA) is 30.0 Å². The molecular weight excluding hydrogens is 299 g/mol. The molecule has 2 nitrogen and oxygen atoms in total. The van der Waals surface area contributed by atoms with E-state index in [2.05, 4.69) is 4.98 Å². The van der Waals surface area contributed by atoms with Gasteiger partial charge in [0.1, 0.15) is 17.2 Å². The van der Waals surface area contributed by atoms with Gasteiger partial charge in [-0.3, -0.25) is 4.79 Å². The van der Waals surface area contributed by atoms with Crippen LogP contribution in [0.1, 0.15) is 10.5 Å². The number of aldehydes is 1. The van der Waals surface area contributed by atoms with Gasteiger partial charge in [-0.1, -0.05) is 34.8 Å². The van der Waals surface area contributed by atoms with Gasteiger partial charge in [0.25, 0.3) is 0 Å². The molecule has 1 aromatic carbocycles. The van der Waals surface area contributed by atoms with Gasteiger partial charge in [0, 0.05) is 10.6 Å². The van der Waals surface area contributed by atoms with Crippen LogP contribution in [0.15, 0.2) is 24.3 Å². The molecule has 0 atom stereocenters. The first-order valence-electron chi connectivity index (χ1n) is 4.79. The molecule has 6 heteroatoms. The summed E-state index contributed by atoms with van der Waals surface area (Å²) in [6.07, 6.45) is 0.517. The summed E-state index contributed by atoms with van der Waals surface area (Å²) >= 11 is 17.7. The summed E-state index contributed by atoms with van der Waals surface area (Å²) in [6.45, 7) is 0. The van der Waals surface area contributed by atoms with Crippen molar-refractivity contribution in [3.63, 3.8) is 0 Å². The normalized spacial score (nSPS) is 10.4. The second-order valence-electron chi connectivity index (χ2n) is 3.43. The average Bonchev–Trinajstić information content (AvgIpc) is 2.34. The summed E-state index contributed by atoms with van der Waals surface area (Å²) in [5, 5.41) is 0.629. The van der Waals surface area contributed by atoms with Crippen LogP contribution in [0.4, 0.5) is 4.39 Å². The van der Waals surface area contributed by atoms with E-state index in [9.17, 15) is 9.18 Å². The van der Waals surface area contributed by atoms with Crippen LogP contribution in [0, 0.1) is 5.82 Å². The molecule has 2 rings (SSSR count). The van der Waals surface area contributed by atoms with E-state index >= 15 is 0 Å². The van der Waals surface area contributed by atoms with Crippen LogP contribution in [0.2, 0.25) is 15.1 Å². The number of carbonyl (C=O) groups excluding carboxylic acids is 1. The second-order valence-corrected chi connectivity index (χ2v) is 4.66. The Hall–Kier alpha value is -1.16. The summed E-state index contributed by atoms with van der Waals surface area (Å²) in [5.41, 5.74) is 0.280. The highest BCUT2D eigenvalue weighted by Gasteiger charge is 2.15. The van der Waals surface area contributed by atoms with E-state index < -0.39 is 5.82 Å². The molecule has 92 valence electrons. The molecule has 2 aromatic rings. The third kappa shape index (κ3) is 2.48. The number of carbonyl (C=O) groups is 1. The molecule has 1 heterocycles. The van der Waals surface area contributed by atoms with Gasteiger partial charge in [0.05, 0.1) is 10.0 Å². The Morgan fingerprint density at radius 1 is 1.17 bits per heavy atom. The minimum Gasteiger partial charge on any atom is -0.296 e. The average molecular weight is 305 g/mol. The first-order chi connectivity index (χ1) is 8.52. The molecule has 0 radical (unpaired) electrons. The van der Waals surface area contributed by atoms with Gasteiger partial charge in [-0.2, -0.15) is 0 Å². The van der Waals surface area contributed by atoms with Crippen molar-refractivity contribution in [2.75, 3.05) is 0 Å². The first-order valence-corrected chi connectivity index (χ1v) is 5.93. The van der Waals surface area contributed by atoms with Gasteiger partial charge in [-0.05, 0) is 24.3 Å². The van der Waals surface area contributed by atoms with Crippen molar-refractivity contribution in [1.82, 2.24) is 4.98 Å². The Morgan fingerprint density at radius 3 is 2.56 bits per heavy atom. The third-order valence-electron chi connectivity index (χ3n) is 2.24. The number of hydrogen-bond donors (Lipinski definition) is 0. The quantitative estimate of drug-likeness (QED) is 0.596. The minimum absolute atomic E-state index is 0.0611. The number of rotatable bonds is 2. The fourth-order valence-corrected chi connectivity index (χ4v) is 2.13. The molecule has 0 N–H and O–H groups in total. The largest absolute Gasteiger partial charge is 0.296 e. The Bertz CT molecular complexity index is 631. The Labute approximate surface area is 117 Å². The standard InChI is InChI=1S/C12H5Cl3FNO/c13-6-3-8(11(15)9(14)4-6)12-10(16)2-1-7(5-18)17-12/h1-5H. The molecule has 0 aliphatic heterocycles. The number of benzene rings is 1. The maximum Gasteiger partial charge on any atom is 0.168 e. The lowest BCUT2D eigenvalue weighted by Gasteiger charge is -2.08. The lowest BCUT2D eigenvalue weighted by molar-refractivity contribution is 0.111. The van der Waals surface area contributed by atoms with Crippen LogP contribution in [0.5, 0.6) is 0 Å². The molecular formula is C12H5Cl3FNO. The van der Waals surface area contributed by atoms with Crippen molar-refractivity contribution in [1.29, 1.82) is 0 Å². The van der Waals surface area contributed by atoms with Crippen LogP contribution >= 0.6 is 34.8 Å². The van der Waals surface area contributed by atoms with E-state index in [1.54, 1.807) is 0 Å². The molecule has 18 heavy (non-hydrogen) atoms. The van der Waals surface area contributed by atoms with E-state index in [-0.39, 0.29) is 27.0 Å². The highest BCUT2D eigenvalue weighted by Crippen LogP contribution is 2.36. The van der Waals surface area contributed by atoms with Crippen LogP contribution in [0.25, 0.3) is 11.3 Å². The summed E-state index contributed by atoms with van der Waals surface area (Å²) < 4.78 is 13.7. The number of pyridine rings is 1. The lowest BCUT2D eigenvalue weighted by atomic mass is 10.1. The van der Waals surface area contributed by atoms with Gasteiger partial charge in [0.2, 0.25) is 0 Å². The molecule has 0 saturated carbocycles. The second kappa shape index (κ2) is 5.22. The monoisotopic (exact) mass is 303 g/mol. The van der Waals surface area contributed by atoms with Crippen LogP contribution < -0.4 is 0 Å². The predicted molar refractivity (Wildman–Crippen MR) is 70.0 cm³/mol. The molecule has 0 amide bonds. The fraction of sp³-hybridized carbons (Fsp3) is 0. The van der Waals surface area contributed by atoms with Gasteiger partial charge in [-0.25, -0.2) is 9.37 Å². The molecule has 0 fully saturated rings. The first kappa shape index (κ1) is 13.3. The summed E-state index contributed by atoms with van der Waals surface area (Å²) in [5.74, 6) is -0.610. The number of aromatic nitrogens is 1. The van der Waals surface area contributed by atoms with Crippen LogP contribution in [-0.2, 0) is 0 Å². The Morgan fingerprint density at radius 2 is 1.89 bits per heavy atom. The van der Waals surface area contributed by atoms with Crippen molar-refractivity contribution in [2.24, 2.45) is 0 Å². The van der Waals surface area contributed by atoms with Crippen molar-refractivity contribution < 1.29 is 9.18 Å². The van der Waals surface area contributed by atoms with E-state index in [1.807, 2.05) is 0 Å². The van der Waals surface area contributed by atoms with Crippen molar-refractivity contribution in [3.05, 3.63) is 50.8 Å². The highest BCUT2D eigenvalue weighted by molar-refractivity contribution is 6.45. The summed E-state index contributed by atoms with van der Waals surface area (Å²) in [4.78, 5) is 14.5. The number of hydrogen-bond acceptors (Lipinski definition) is 2. The van der Waals surface area contributed by atoms with Gasteiger partial charge >= 0.3 is 0 Å². The van der Waals surface area contributed by atoms with Crippen molar-refractivity contribution in [2.45, 2.75) is 0 Å². The zero-order valence-electron chi connectivity index (χ0n) is 8.75. The fourth-order valence-electron chi connectivity index (χ4n) is 1.44. The van der Waals surface area contributed by atoms with Crippen molar-refractivity contribution in [3.8, 4) is 11.3 Å². The van der Waals surface area contributed by atoms with Crippen LogP contribution in [0.3, 0.4) is 0 Å². The van der Waals surface area contributed by atoms with Gasteiger partial charge in [-0.15, -0.1) is 0 Å². The Kier molecular flexibility index (Phi) is 3.85. The lowest BCUT2D eigenvalue weighted by Crippen LogP contribution is -1.95. The zero-order chi connectivity index (χ0) is 13.3. The summed E-state index contributed by atoms with van der Waals surface area (Å²) in [6, 6.07) is 5.29. The third-order valence-corrected chi connectivity index (χ3v) is 3.26. The SMILES string of the molecule is O=Cc1ccc(F)c(-c2cc(Cl)cc(Cl)c2Cl)n1. The van der Waals surface area contributed by atoms with E-state index in [4.69, 9.17) is 34.8 Å². The predicted octanol–water partition coefficient (Wildman–Crippen LogP) is 4.66. The zero-order valence-corrected chi connectivity index (χ0v) is 11.0. The van der Waals surface area contributed by atoms with Gasteiger partial charge in [0.15, 0.2) is 6.29 Å². The van der Waals surface area contributed by atoms with Gasteiger partial charge < -0.3 is 0 Å². The molecule has 0 unspecified atom stereocenters. The Balaban J connectivity index is 2.72.